The fourth-order valence-corrected chi connectivity index (χ4v) is 1.57. The van der Waals surface area contributed by atoms with E-state index in [1.165, 1.54) is 0 Å². The normalized spacial score (nSPS) is 9.88. The van der Waals surface area contributed by atoms with Crippen LogP contribution < -0.4 is 20.3 Å². The zero-order valence-electron chi connectivity index (χ0n) is 10.6. The Balaban J connectivity index is 2.96. The predicted molar refractivity (Wildman–Crippen MR) is 65.2 cm³/mol. The number of carbonyl (C=O) groups is 1. The van der Waals surface area contributed by atoms with Gasteiger partial charge in [-0.05, 0) is 30.2 Å². The second-order valence-electron chi connectivity index (χ2n) is 3.61. The van der Waals surface area contributed by atoms with Gasteiger partial charge in [0.25, 0.3) is 0 Å². The fourth-order valence-electron chi connectivity index (χ4n) is 1.57. The minimum Gasteiger partial charge on any atom is -0.493 e. The van der Waals surface area contributed by atoms with Crippen molar-refractivity contribution in [3.8, 4) is 11.5 Å². The van der Waals surface area contributed by atoms with Crippen molar-refractivity contribution in [1.82, 2.24) is 10.9 Å². The van der Waals surface area contributed by atoms with Crippen LogP contribution in [0.1, 0.15) is 11.1 Å². The highest BCUT2D eigenvalue weighted by Gasteiger charge is 2.11. The molecule has 0 bridgehead atoms. The molecule has 0 radical (unpaired) electrons. The van der Waals surface area contributed by atoms with Crippen LogP contribution in [0.25, 0.3) is 0 Å². The Hall–Kier alpha value is -1.75. The van der Waals surface area contributed by atoms with Crippen molar-refractivity contribution in [3.05, 3.63) is 23.3 Å². The van der Waals surface area contributed by atoms with Gasteiger partial charge in [0.2, 0.25) is 5.91 Å². The van der Waals surface area contributed by atoms with Crippen LogP contribution >= 0.6 is 0 Å². The summed E-state index contributed by atoms with van der Waals surface area (Å²) in [6.07, 6.45) is 0.299. The SMILES string of the molecule is CNNC(=O)Cc1cc(OC)c(OC)cc1C. The van der Waals surface area contributed by atoms with E-state index in [0.717, 1.165) is 11.1 Å². The highest BCUT2D eigenvalue weighted by Crippen LogP contribution is 2.30. The maximum Gasteiger partial charge on any atom is 0.238 e. The van der Waals surface area contributed by atoms with Gasteiger partial charge >= 0.3 is 0 Å². The lowest BCUT2D eigenvalue weighted by Crippen LogP contribution is -2.35. The monoisotopic (exact) mass is 238 g/mol. The third-order valence-electron chi connectivity index (χ3n) is 2.46. The van der Waals surface area contributed by atoms with Crippen LogP contribution in [-0.2, 0) is 11.2 Å². The third-order valence-corrected chi connectivity index (χ3v) is 2.46. The van der Waals surface area contributed by atoms with Crippen molar-refractivity contribution < 1.29 is 14.3 Å². The lowest BCUT2D eigenvalue weighted by molar-refractivity contribution is -0.121. The van der Waals surface area contributed by atoms with Gasteiger partial charge < -0.3 is 9.47 Å². The number of ether oxygens (including phenoxy) is 2. The molecule has 5 nitrogen and oxygen atoms in total. The van der Waals surface area contributed by atoms with Gasteiger partial charge in [-0.25, -0.2) is 5.43 Å². The molecule has 1 aromatic rings. The van der Waals surface area contributed by atoms with Crippen LogP contribution in [-0.4, -0.2) is 27.2 Å². The zero-order chi connectivity index (χ0) is 12.8. The molecule has 0 saturated heterocycles. The Kier molecular flexibility index (Phi) is 4.78. The van der Waals surface area contributed by atoms with Crippen LogP contribution in [0.15, 0.2) is 12.1 Å². The second-order valence-corrected chi connectivity index (χ2v) is 3.61. The van der Waals surface area contributed by atoms with Crippen molar-refractivity contribution in [2.45, 2.75) is 13.3 Å². The predicted octanol–water partition coefficient (Wildman–Crippen LogP) is 0.805. The molecule has 5 heteroatoms. The van der Waals surface area contributed by atoms with Gasteiger partial charge in [-0.2, -0.15) is 0 Å². The molecule has 0 aliphatic heterocycles. The number of benzene rings is 1. The van der Waals surface area contributed by atoms with E-state index in [1.54, 1.807) is 21.3 Å². The van der Waals surface area contributed by atoms with Crippen molar-refractivity contribution in [3.63, 3.8) is 0 Å². The van der Waals surface area contributed by atoms with E-state index in [0.29, 0.717) is 17.9 Å². The molecule has 0 atom stereocenters. The number of hydrogen-bond acceptors (Lipinski definition) is 4. The molecule has 0 heterocycles. The zero-order valence-corrected chi connectivity index (χ0v) is 10.6. The summed E-state index contributed by atoms with van der Waals surface area (Å²) in [4.78, 5) is 11.5. The summed E-state index contributed by atoms with van der Waals surface area (Å²) >= 11 is 0. The molecule has 0 fully saturated rings. The van der Waals surface area contributed by atoms with E-state index in [9.17, 15) is 4.79 Å². The van der Waals surface area contributed by atoms with Gasteiger partial charge in [-0.1, -0.05) is 0 Å². The number of hydrogen-bond donors (Lipinski definition) is 2. The van der Waals surface area contributed by atoms with E-state index in [-0.39, 0.29) is 5.91 Å². The molecule has 0 unspecified atom stereocenters. The van der Waals surface area contributed by atoms with Crippen LogP contribution in [0.2, 0.25) is 0 Å². The number of rotatable bonds is 5. The second kappa shape index (κ2) is 6.10. The highest BCUT2D eigenvalue weighted by atomic mass is 16.5. The molecule has 0 aromatic heterocycles. The Bertz CT molecular complexity index is 405. The third kappa shape index (κ3) is 3.35. The molecule has 1 amide bonds. The summed E-state index contributed by atoms with van der Waals surface area (Å²) in [6, 6.07) is 3.68. The van der Waals surface area contributed by atoms with E-state index in [4.69, 9.17) is 9.47 Å². The van der Waals surface area contributed by atoms with E-state index >= 15 is 0 Å². The molecule has 1 rings (SSSR count). The average molecular weight is 238 g/mol. The van der Waals surface area contributed by atoms with Gasteiger partial charge in [-0.3, -0.25) is 10.2 Å². The summed E-state index contributed by atoms with van der Waals surface area (Å²) in [7, 11) is 4.81. The first kappa shape index (κ1) is 13.3. The number of nitrogens with one attached hydrogen (secondary N) is 2. The number of carbonyl (C=O) groups excluding carboxylic acids is 1. The Labute approximate surface area is 101 Å². The van der Waals surface area contributed by atoms with Gasteiger partial charge in [0.15, 0.2) is 11.5 Å². The Morgan fingerprint density at radius 2 is 1.82 bits per heavy atom. The molecule has 0 aliphatic rings. The first-order valence-electron chi connectivity index (χ1n) is 5.29. The van der Waals surface area contributed by atoms with Crippen LogP contribution in [0.4, 0.5) is 0 Å². The number of hydrazine groups is 1. The molecule has 0 aliphatic carbocycles. The van der Waals surface area contributed by atoms with Crippen molar-refractivity contribution in [2.75, 3.05) is 21.3 Å². The summed E-state index contributed by atoms with van der Waals surface area (Å²) in [5, 5.41) is 0. The van der Waals surface area contributed by atoms with E-state index in [2.05, 4.69) is 10.9 Å². The van der Waals surface area contributed by atoms with E-state index in [1.807, 2.05) is 19.1 Å². The van der Waals surface area contributed by atoms with Gasteiger partial charge in [0, 0.05) is 7.05 Å². The minimum absolute atomic E-state index is 0.0946. The Morgan fingerprint density at radius 3 is 2.35 bits per heavy atom. The lowest BCUT2D eigenvalue weighted by atomic mass is 10.0. The maximum absolute atomic E-state index is 11.5. The summed E-state index contributed by atoms with van der Waals surface area (Å²) in [6.45, 7) is 1.93. The molecule has 94 valence electrons. The minimum atomic E-state index is -0.0946. The topological polar surface area (TPSA) is 59.6 Å². The fraction of sp³-hybridized carbons (Fsp3) is 0.417. The van der Waals surface area contributed by atoms with Crippen LogP contribution in [0.5, 0.6) is 11.5 Å². The number of aryl methyl sites for hydroxylation is 1. The molecule has 17 heavy (non-hydrogen) atoms. The molecule has 0 saturated carbocycles. The molecule has 1 aromatic carbocycles. The van der Waals surface area contributed by atoms with Crippen molar-refractivity contribution in [2.24, 2.45) is 0 Å². The quantitative estimate of drug-likeness (QED) is 0.745. The van der Waals surface area contributed by atoms with Crippen LogP contribution in [0.3, 0.4) is 0 Å². The first-order valence-corrected chi connectivity index (χ1v) is 5.29. The summed E-state index contributed by atoms with van der Waals surface area (Å²) in [5.74, 6) is 1.20. The standard InChI is InChI=1S/C12H18N2O3/c1-8-5-10(16-3)11(17-4)6-9(8)7-12(15)14-13-2/h5-6,13H,7H2,1-4H3,(H,14,15). The average Bonchev–Trinajstić information content (AvgIpc) is 2.31. The number of amides is 1. The highest BCUT2D eigenvalue weighted by molar-refractivity contribution is 5.78. The van der Waals surface area contributed by atoms with Crippen molar-refractivity contribution >= 4 is 5.91 Å². The largest absolute Gasteiger partial charge is 0.493 e. The summed E-state index contributed by atoms with van der Waals surface area (Å²) in [5.41, 5.74) is 7.04. The molecular weight excluding hydrogens is 220 g/mol. The van der Waals surface area contributed by atoms with Crippen molar-refractivity contribution in [1.29, 1.82) is 0 Å². The van der Waals surface area contributed by atoms with Gasteiger partial charge in [0.1, 0.15) is 0 Å². The Morgan fingerprint density at radius 1 is 1.24 bits per heavy atom. The maximum atomic E-state index is 11.5. The number of methoxy groups -OCH3 is 2. The molecule has 0 spiro atoms. The lowest BCUT2D eigenvalue weighted by Gasteiger charge is -2.12. The summed E-state index contributed by atoms with van der Waals surface area (Å²) < 4.78 is 10.4. The van der Waals surface area contributed by atoms with E-state index < -0.39 is 0 Å². The first-order chi connectivity index (χ1) is 8.12. The van der Waals surface area contributed by atoms with Gasteiger partial charge in [-0.15, -0.1) is 0 Å². The molecule has 2 N–H and O–H groups in total. The molecular formula is C12H18N2O3. The van der Waals surface area contributed by atoms with Gasteiger partial charge in [0.05, 0.1) is 20.6 Å². The smallest absolute Gasteiger partial charge is 0.238 e. The van der Waals surface area contributed by atoms with Crippen LogP contribution in [0, 0.1) is 6.92 Å².